The number of hydrogen-bond acceptors (Lipinski definition) is 4. The first kappa shape index (κ1) is 12.9. The number of nitrogens with one attached hydrogen (secondary N) is 1. The molecule has 6 nitrogen and oxygen atoms in total. The van der Waals surface area contributed by atoms with Gasteiger partial charge in [-0.05, 0) is 24.8 Å². The monoisotopic (exact) mass is 229 g/mol. The molecule has 2 amide bonds. The first-order chi connectivity index (χ1) is 7.49. The Kier molecular flexibility index (Phi) is 4.26. The van der Waals surface area contributed by atoms with Gasteiger partial charge in [-0.3, -0.25) is 9.59 Å². The van der Waals surface area contributed by atoms with Crippen molar-refractivity contribution in [1.82, 2.24) is 5.32 Å². The second-order valence-electron chi connectivity index (χ2n) is 4.46. The standard InChI is InChI=1S/C10H19N3O3/c11-6-10(2-1-3-10)4-8(15)13-5-7(14)9(12)16/h7,14H,1-6,11H2,(H2,12,16)(H,13,15). The molecule has 0 aromatic rings. The van der Waals surface area contributed by atoms with E-state index in [1.165, 1.54) is 0 Å². The Morgan fingerprint density at radius 1 is 1.44 bits per heavy atom. The highest BCUT2D eigenvalue weighted by Gasteiger charge is 2.37. The molecule has 0 bridgehead atoms. The van der Waals surface area contributed by atoms with Gasteiger partial charge < -0.3 is 21.9 Å². The molecular weight excluding hydrogens is 210 g/mol. The summed E-state index contributed by atoms with van der Waals surface area (Å²) in [6.07, 6.45) is 2.08. The summed E-state index contributed by atoms with van der Waals surface area (Å²) in [5.74, 6) is -1.03. The average molecular weight is 229 g/mol. The molecule has 0 spiro atoms. The lowest BCUT2D eigenvalue weighted by molar-refractivity contribution is -0.128. The lowest BCUT2D eigenvalue weighted by Crippen LogP contribution is -2.45. The summed E-state index contributed by atoms with van der Waals surface area (Å²) in [6.45, 7) is 0.369. The van der Waals surface area contributed by atoms with E-state index in [9.17, 15) is 9.59 Å². The minimum atomic E-state index is -1.32. The lowest BCUT2D eigenvalue weighted by atomic mass is 9.66. The molecule has 6 heteroatoms. The van der Waals surface area contributed by atoms with Gasteiger partial charge in [0.1, 0.15) is 6.10 Å². The SMILES string of the molecule is NCC1(CC(=O)NCC(O)C(N)=O)CCC1. The number of aliphatic hydroxyl groups is 1. The van der Waals surface area contributed by atoms with Crippen LogP contribution in [0.4, 0.5) is 0 Å². The molecule has 1 fully saturated rings. The van der Waals surface area contributed by atoms with E-state index < -0.39 is 12.0 Å². The molecule has 0 heterocycles. The molecule has 1 unspecified atom stereocenters. The molecule has 1 aliphatic rings. The maximum Gasteiger partial charge on any atom is 0.248 e. The summed E-state index contributed by atoms with van der Waals surface area (Å²) in [5.41, 5.74) is 10.4. The van der Waals surface area contributed by atoms with Crippen LogP contribution in [0.15, 0.2) is 0 Å². The van der Waals surface area contributed by atoms with Gasteiger partial charge >= 0.3 is 0 Å². The Morgan fingerprint density at radius 3 is 2.44 bits per heavy atom. The Bertz CT molecular complexity index is 271. The number of amides is 2. The zero-order chi connectivity index (χ0) is 12.2. The zero-order valence-corrected chi connectivity index (χ0v) is 9.24. The second kappa shape index (κ2) is 5.27. The third kappa shape index (κ3) is 3.18. The fourth-order valence-electron chi connectivity index (χ4n) is 1.84. The minimum absolute atomic E-state index is 0.0677. The van der Waals surface area contributed by atoms with Crippen LogP contribution < -0.4 is 16.8 Å². The van der Waals surface area contributed by atoms with Crippen LogP contribution in [0.5, 0.6) is 0 Å². The molecular formula is C10H19N3O3. The largest absolute Gasteiger partial charge is 0.381 e. The Hall–Kier alpha value is -1.14. The van der Waals surface area contributed by atoms with Gasteiger partial charge in [-0.2, -0.15) is 0 Å². The highest BCUT2D eigenvalue weighted by atomic mass is 16.3. The number of carbonyl (C=O) groups is 2. The molecule has 0 aliphatic heterocycles. The predicted octanol–water partition coefficient (Wildman–Crippen LogP) is -1.53. The van der Waals surface area contributed by atoms with Gasteiger partial charge in [-0.25, -0.2) is 0 Å². The smallest absolute Gasteiger partial charge is 0.248 e. The van der Waals surface area contributed by atoms with E-state index in [4.69, 9.17) is 16.6 Å². The van der Waals surface area contributed by atoms with Crippen molar-refractivity contribution < 1.29 is 14.7 Å². The predicted molar refractivity (Wildman–Crippen MR) is 58.2 cm³/mol. The highest BCUT2D eigenvalue weighted by molar-refractivity contribution is 5.81. The third-order valence-corrected chi connectivity index (χ3v) is 3.20. The normalized spacial score (nSPS) is 19.6. The third-order valence-electron chi connectivity index (χ3n) is 3.20. The van der Waals surface area contributed by atoms with E-state index in [0.29, 0.717) is 13.0 Å². The maximum absolute atomic E-state index is 11.5. The van der Waals surface area contributed by atoms with Gasteiger partial charge in [0.05, 0.1) is 6.54 Å². The fraction of sp³-hybridized carbons (Fsp3) is 0.800. The Balaban J connectivity index is 2.28. The first-order valence-electron chi connectivity index (χ1n) is 5.43. The summed E-state index contributed by atoms with van der Waals surface area (Å²) in [5, 5.41) is 11.6. The maximum atomic E-state index is 11.5. The number of carbonyl (C=O) groups excluding carboxylic acids is 2. The minimum Gasteiger partial charge on any atom is -0.381 e. The van der Waals surface area contributed by atoms with Gasteiger partial charge in [-0.1, -0.05) is 6.42 Å². The molecule has 1 rings (SSSR count). The molecule has 0 aromatic heterocycles. The molecule has 1 saturated carbocycles. The van der Waals surface area contributed by atoms with Crippen LogP contribution >= 0.6 is 0 Å². The van der Waals surface area contributed by atoms with Crippen LogP contribution in [0, 0.1) is 5.41 Å². The number of nitrogens with two attached hydrogens (primary N) is 2. The van der Waals surface area contributed by atoms with Crippen LogP contribution in [-0.2, 0) is 9.59 Å². The number of rotatable bonds is 6. The summed E-state index contributed by atoms with van der Waals surface area (Å²) < 4.78 is 0. The van der Waals surface area contributed by atoms with E-state index in [0.717, 1.165) is 19.3 Å². The summed E-state index contributed by atoms with van der Waals surface area (Å²) >= 11 is 0. The van der Waals surface area contributed by atoms with Crippen molar-refractivity contribution >= 4 is 11.8 Å². The lowest BCUT2D eigenvalue weighted by Gasteiger charge is -2.40. The van der Waals surface area contributed by atoms with Crippen molar-refractivity contribution in [3.63, 3.8) is 0 Å². The molecule has 0 saturated heterocycles. The fourth-order valence-corrected chi connectivity index (χ4v) is 1.84. The average Bonchev–Trinajstić information content (AvgIpc) is 2.19. The van der Waals surface area contributed by atoms with Crippen LogP contribution in [0.2, 0.25) is 0 Å². The molecule has 6 N–H and O–H groups in total. The van der Waals surface area contributed by atoms with Crippen molar-refractivity contribution in [3.8, 4) is 0 Å². The highest BCUT2D eigenvalue weighted by Crippen LogP contribution is 2.42. The zero-order valence-electron chi connectivity index (χ0n) is 9.24. The van der Waals surface area contributed by atoms with Crippen LogP contribution in [0.1, 0.15) is 25.7 Å². The van der Waals surface area contributed by atoms with Gasteiger partial charge in [-0.15, -0.1) is 0 Å². The van der Waals surface area contributed by atoms with E-state index >= 15 is 0 Å². The Morgan fingerprint density at radius 2 is 2.06 bits per heavy atom. The molecule has 1 atom stereocenters. The summed E-state index contributed by atoms with van der Waals surface area (Å²) in [4.78, 5) is 22.0. The second-order valence-corrected chi connectivity index (χ2v) is 4.46. The number of hydrogen-bond donors (Lipinski definition) is 4. The molecule has 0 aromatic carbocycles. The van der Waals surface area contributed by atoms with Crippen LogP contribution in [0.3, 0.4) is 0 Å². The van der Waals surface area contributed by atoms with Crippen LogP contribution in [-0.4, -0.2) is 36.1 Å². The van der Waals surface area contributed by atoms with Crippen molar-refractivity contribution in [2.75, 3.05) is 13.1 Å². The Labute approximate surface area is 94.4 Å². The van der Waals surface area contributed by atoms with Gasteiger partial charge in [0.2, 0.25) is 11.8 Å². The molecule has 0 radical (unpaired) electrons. The molecule has 1 aliphatic carbocycles. The van der Waals surface area contributed by atoms with E-state index in [2.05, 4.69) is 5.32 Å². The van der Waals surface area contributed by atoms with E-state index in [1.54, 1.807) is 0 Å². The number of aliphatic hydroxyl groups excluding tert-OH is 1. The van der Waals surface area contributed by atoms with E-state index in [-0.39, 0.29) is 17.9 Å². The first-order valence-corrected chi connectivity index (χ1v) is 5.43. The summed E-state index contributed by atoms with van der Waals surface area (Å²) in [6, 6.07) is 0. The number of primary amides is 1. The van der Waals surface area contributed by atoms with Crippen molar-refractivity contribution in [3.05, 3.63) is 0 Å². The molecule has 16 heavy (non-hydrogen) atoms. The van der Waals surface area contributed by atoms with Crippen LogP contribution in [0.25, 0.3) is 0 Å². The van der Waals surface area contributed by atoms with Crippen molar-refractivity contribution in [1.29, 1.82) is 0 Å². The van der Waals surface area contributed by atoms with Crippen molar-refractivity contribution in [2.24, 2.45) is 16.9 Å². The van der Waals surface area contributed by atoms with Crippen molar-refractivity contribution in [2.45, 2.75) is 31.8 Å². The van der Waals surface area contributed by atoms with Gasteiger partial charge in [0, 0.05) is 6.42 Å². The summed E-state index contributed by atoms with van der Waals surface area (Å²) in [7, 11) is 0. The quantitative estimate of drug-likeness (QED) is 0.441. The topological polar surface area (TPSA) is 118 Å². The molecule has 92 valence electrons. The van der Waals surface area contributed by atoms with Gasteiger partial charge in [0.25, 0.3) is 0 Å². The van der Waals surface area contributed by atoms with Gasteiger partial charge in [0.15, 0.2) is 0 Å². The van der Waals surface area contributed by atoms with E-state index in [1.807, 2.05) is 0 Å².